The number of aliphatic hydroxyl groups is 1. The molecule has 1 aliphatic heterocycles. The van der Waals surface area contributed by atoms with Crippen molar-refractivity contribution < 1.29 is 14.7 Å². The fourth-order valence-corrected chi connectivity index (χ4v) is 3.30. The third-order valence-corrected chi connectivity index (χ3v) is 4.83. The number of aromatic nitrogens is 2. The van der Waals surface area contributed by atoms with E-state index in [-0.39, 0.29) is 44.1 Å². The van der Waals surface area contributed by atoms with Crippen LogP contribution >= 0.6 is 11.6 Å². The Morgan fingerprint density at radius 2 is 2.22 bits per heavy atom. The first-order chi connectivity index (χ1) is 13.0. The van der Waals surface area contributed by atoms with Crippen molar-refractivity contribution in [2.75, 3.05) is 24.6 Å². The minimum Gasteiger partial charge on any atom is -0.395 e. The molecule has 3 rings (SSSR count). The summed E-state index contributed by atoms with van der Waals surface area (Å²) in [4.78, 5) is 32.3. The van der Waals surface area contributed by atoms with Crippen molar-refractivity contribution in [2.45, 2.75) is 19.0 Å². The summed E-state index contributed by atoms with van der Waals surface area (Å²) in [5.74, 6) is 0.616. The summed E-state index contributed by atoms with van der Waals surface area (Å²) in [5.41, 5.74) is 0.640. The number of rotatable bonds is 6. The van der Waals surface area contributed by atoms with Gasteiger partial charge in [-0.25, -0.2) is 9.78 Å². The van der Waals surface area contributed by atoms with Crippen LogP contribution in [-0.4, -0.2) is 57.2 Å². The van der Waals surface area contributed by atoms with Crippen LogP contribution in [0.1, 0.15) is 12.2 Å². The zero-order chi connectivity index (χ0) is 19.4. The molecule has 1 aliphatic rings. The first-order valence-corrected chi connectivity index (χ1v) is 9.04. The van der Waals surface area contributed by atoms with Crippen molar-refractivity contribution in [3.8, 4) is 0 Å². The number of aliphatic hydroxyl groups excluding tert-OH is 1. The van der Waals surface area contributed by atoms with Crippen molar-refractivity contribution >= 4 is 29.2 Å². The third-order valence-electron chi connectivity index (χ3n) is 4.51. The second-order valence-corrected chi connectivity index (χ2v) is 6.81. The number of benzene rings is 1. The normalized spacial score (nSPS) is 16.6. The number of anilines is 1. The number of hydrogen-bond acceptors (Lipinski definition) is 4. The predicted octanol–water partition coefficient (Wildman–Crippen LogP) is 1.38. The smallest absolute Gasteiger partial charge is 0.318 e. The SMILES string of the molecule is Cn1ccnc1CN(CCO)C(=O)N[C@H]1CC(=O)N(c2ccccc2Cl)C1. The summed E-state index contributed by atoms with van der Waals surface area (Å²) >= 11 is 6.18. The van der Waals surface area contributed by atoms with Gasteiger partial charge < -0.3 is 24.8 Å². The van der Waals surface area contributed by atoms with Gasteiger partial charge in [-0.15, -0.1) is 0 Å². The molecule has 27 heavy (non-hydrogen) atoms. The van der Waals surface area contributed by atoms with Crippen LogP contribution in [-0.2, 0) is 18.4 Å². The fraction of sp³-hybridized carbons (Fsp3) is 0.389. The molecule has 9 heteroatoms. The van der Waals surface area contributed by atoms with E-state index in [0.29, 0.717) is 23.1 Å². The van der Waals surface area contributed by atoms with Crippen LogP contribution in [0.25, 0.3) is 0 Å². The third kappa shape index (κ3) is 4.40. The molecule has 1 aromatic heterocycles. The maximum Gasteiger partial charge on any atom is 0.318 e. The number of halogens is 1. The van der Waals surface area contributed by atoms with Gasteiger partial charge in [-0.2, -0.15) is 0 Å². The van der Waals surface area contributed by atoms with Crippen LogP contribution in [0.4, 0.5) is 10.5 Å². The van der Waals surface area contributed by atoms with Gasteiger partial charge >= 0.3 is 6.03 Å². The van der Waals surface area contributed by atoms with Crippen molar-refractivity contribution in [2.24, 2.45) is 7.05 Å². The molecule has 0 spiro atoms. The number of aryl methyl sites for hydroxylation is 1. The molecule has 0 bridgehead atoms. The van der Waals surface area contributed by atoms with E-state index in [9.17, 15) is 14.7 Å². The molecule has 8 nitrogen and oxygen atoms in total. The first-order valence-electron chi connectivity index (χ1n) is 8.67. The lowest BCUT2D eigenvalue weighted by Crippen LogP contribution is -2.46. The maximum absolute atomic E-state index is 12.7. The average Bonchev–Trinajstić information content (AvgIpc) is 3.20. The van der Waals surface area contributed by atoms with Crippen LogP contribution < -0.4 is 10.2 Å². The zero-order valence-corrected chi connectivity index (χ0v) is 15.8. The van der Waals surface area contributed by atoms with E-state index in [0.717, 1.165) is 0 Å². The Balaban J connectivity index is 1.65. The van der Waals surface area contributed by atoms with Gasteiger partial charge in [0.05, 0.1) is 29.9 Å². The molecule has 2 aromatic rings. The van der Waals surface area contributed by atoms with Crippen LogP contribution in [0.2, 0.25) is 5.02 Å². The Hall–Kier alpha value is -2.58. The lowest BCUT2D eigenvalue weighted by atomic mass is 10.2. The Kier molecular flexibility index (Phi) is 5.98. The maximum atomic E-state index is 12.7. The van der Waals surface area contributed by atoms with Crippen molar-refractivity contribution in [3.05, 3.63) is 47.5 Å². The lowest BCUT2D eigenvalue weighted by molar-refractivity contribution is -0.117. The summed E-state index contributed by atoms with van der Waals surface area (Å²) in [6.45, 7) is 0.634. The standard InChI is InChI=1S/C18H22ClN5O3/c1-22-7-6-20-16(22)12-23(8-9-25)18(27)21-13-10-17(26)24(11-13)15-5-3-2-4-14(15)19/h2-7,13,25H,8-12H2,1H3,(H,21,27)/t13-/m0/s1. The van der Waals surface area contributed by atoms with Gasteiger partial charge in [-0.3, -0.25) is 4.79 Å². The summed E-state index contributed by atoms with van der Waals surface area (Å²) in [6, 6.07) is 6.46. The molecule has 1 atom stereocenters. The van der Waals surface area contributed by atoms with Crippen LogP contribution in [0.5, 0.6) is 0 Å². The van der Waals surface area contributed by atoms with E-state index in [2.05, 4.69) is 10.3 Å². The number of amides is 3. The van der Waals surface area contributed by atoms with Gasteiger partial charge in [-0.05, 0) is 12.1 Å². The van der Waals surface area contributed by atoms with Gasteiger partial charge in [-0.1, -0.05) is 23.7 Å². The largest absolute Gasteiger partial charge is 0.395 e. The van der Waals surface area contributed by atoms with E-state index in [4.69, 9.17) is 11.6 Å². The van der Waals surface area contributed by atoms with Crippen molar-refractivity contribution in [1.82, 2.24) is 19.8 Å². The molecule has 2 N–H and O–H groups in total. The highest BCUT2D eigenvalue weighted by Gasteiger charge is 2.33. The highest BCUT2D eigenvalue weighted by atomic mass is 35.5. The molecule has 1 saturated heterocycles. The quantitative estimate of drug-likeness (QED) is 0.778. The molecule has 0 unspecified atom stereocenters. The molecular formula is C18H22ClN5O3. The van der Waals surface area contributed by atoms with E-state index in [1.807, 2.05) is 17.7 Å². The van der Waals surface area contributed by atoms with Gasteiger partial charge in [0.15, 0.2) is 0 Å². The number of carbonyl (C=O) groups excluding carboxylic acids is 2. The molecule has 144 valence electrons. The van der Waals surface area contributed by atoms with Crippen LogP contribution in [0.3, 0.4) is 0 Å². The second-order valence-electron chi connectivity index (χ2n) is 6.41. The van der Waals surface area contributed by atoms with Crippen LogP contribution in [0, 0.1) is 0 Å². The van der Waals surface area contributed by atoms with Crippen LogP contribution in [0.15, 0.2) is 36.7 Å². The number of para-hydroxylation sites is 1. The van der Waals surface area contributed by atoms with Crippen molar-refractivity contribution in [3.63, 3.8) is 0 Å². The van der Waals surface area contributed by atoms with Gasteiger partial charge in [0.1, 0.15) is 5.82 Å². The highest BCUT2D eigenvalue weighted by Crippen LogP contribution is 2.29. The second kappa shape index (κ2) is 8.41. The topological polar surface area (TPSA) is 90.7 Å². The minimum absolute atomic E-state index is 0.0915. The monoisotopic (exact) mass is 391 g/mol. The molecule has 0 radical (unpaired) electrons. The molecular weight excluding hydrogens is 370 g/mol. The number of urea groups is 1. The van der Waals surface area contributed by atoms with E-state index in [1.165, 1.54) is 4.90 Å². The number of hydrogen-bond donors (Lipinski definition) is 2. The Labute approximate surface area is 162 Å². The summed E-state index contributed by atoms with van der Waals surface area (Å²) in [7, 11) is 1.84. The van der Waals surface area contributed by atoms with Crippen molar-refractivity contribution in [1.29, 1.82) is 0 Å². The van der Waals surface area contributed by atoms with Gasteiger partial charge in [0, 0.05) is 39.0 Å². The molecule has 1 aromatic carbocycles. The Morgan fingerprint density at radius 1 is 1.44 bits per heavy atom. The number of carbonyl (C=O) groups is 2. The zero-order valence-electron chi connectivity index (χ0n) is 15.0. The van der Waals surface area contributed by atoms with Gasteiger partial charge in [0.25, 0.3) is 0 Å². The number of nitrogens with zero attached hydrogens (tertiary/aromatic N) is 4. The molecule has 3 amide bonds. The van der Waals surface area contributed by atoms with E-state index < -0.39 is 0 Å². The van der Waals surface area contributed by atoms with E-state index >= 15 is 0 Å². The first kappa shape index (κ1) is 19.2. The van der Waals surface area contributed by atoms with E-state index in [1.54, 1.807) is 35.5 Å². The minimum atomic E-state index is -0.342. The summed E-state index contributed by atoms with van der Waals surface area (Å²) in [6.07, 6.45) is 3.65. The Bertz CT molecular complexity index is 825. The molecule has 0 aliphatic carbocycles. The Morgan fingerprint density at radius 3 is 2.89 bits per heavy atom. The lowest BCUT2D eigenvalue weighted by Gasteiger charge is -2.24. The highest BCUT2D eigenvalue weighted by molar-refractivity contribution is 6.33. The molecule has 2 heterocycles. The average molecular weight is 392 g/mol. The summed E-state index contributed by atoms with van der Waals surface area (Å²) in [5, 5.41) is 12.7. The number of imidazole rings is 1. The van der Waals surface area contributed by atoms with Gasteiger partial charge in [0.2, 0.25) is 5.91 Å². The fourth-order valence-electron chi connectivity index (χ4n) is 3.07. The molecule has 0 saturated carbocycles. The molecule has 1 fully saturated rings. The summed E-state index contributed by atoms with van der Waals surface area (Å²) < 4.78 is 1.82. The number of nitrogens with one attached hydrogen (secondary N) is 1. The predicted molar refractivity (Wildman–Crippen MR) is 101 cm³/mol.